The number of hydrogen-bond donors (Lipinski definition) is 2. The molecule has 3 rings (SSSR count). The van der Waals surface area contributed by atoms with Crippen molar-refractivity contribution >= 4 is 5.91 Å². The molecule has 1 unspecified atom stereocenters. The van der Waals surface area contributed by atoms with Crippen LogP contribution in [0, 0.1) is 12.8 Å². The normalized spacial score (nSPS) is 12.0. The second-order valence-electron chi connectivity index (χ2n) is 7.54. The lowest BCUT2D eigenvalue weighted by Crippen LogP contribution is -2.33. The van der Waals surface area contributed by atoms with Crippen molar-refractivity contribution < 1.29 is 4.79 Å². The zero-order valence-corrected chi connectivity index (χ0v) is 16.5. The standard InChI is InChI=1S/C24H26N2O2/c1-16(2)15-18-10-12-20(13-11-18)22(19-7-5-4-6-8-19)26-24(28)21-14-9-17(3)25-23(21)27/h4-14,16,22H,15H2,1-3H3,(H,25,27)(H,26,28). The van der Waals surface area contributed by atoms with Crippen molar-refractivity contribution in [2.24, 2.45) is 5.92 Å². The number of carbonyl (C=O) groups is 1. The Labute approximate surface area is 165 Å². The Balaban J connectivity index is 1.92. The van der Waals surface area contributed by atoms with E-state index in [0.717, 1.165) is 23.2 Å². The average molecular weight is 374 g/mol. The van der Waals surface area contributed by atoms with Crippen molar-refractivity contribution in [2.45, 2.75) is 33.2 Å². The summed E-state index contributed by atoms with van der Waals surface area (Å²) >= 11 is 0. The van der Waals surface area contributed by atoms with E-state index in [-0.39, 0.29) is 23.1 Å². The summed E-state index contributed by atoms with van der Waals surface area (Å²) in [5.74, 6) is 0.199. The third-order valence-corrected chi connectivity index (χ3v) is 4.67. The highest BCUT2D eigenvalue weighted by atomic mass is 16.2. The molecule has 2 aromatic carbocycles. The van der Waals surface area contributed by atoms with Crippen molar-refractivity contribution in [3.8, 4) is 0 Å². The zero-order valence-electron chi connectivity index (χ0n) is 16.5. The van der Waals surface area contributed by atoms with Gasteiger partial charge in [-0.15, -0.1) is 0 Å². The molecule has 1 atom stereocenters. The molecule has 0 saturated carbocycles. The first-order valence-electron chi connectivity index (χ1n) is 9.58. The molecule has 0 aliphatic heterocycles. The summed E-state index contributed by atoms with van der Waals surface area (Å²) in [5.41, 5.74) is 3.68. The van der Waals surface area contributed by atoms with Crippen LogP contribution in [0.5, 0.6) is 0 Å². The van der Waals surface area contributed by atoms with Gasteiger partial charge in [-0.2, -0.15) is 0 Å². The van der Waals surface area contributed by atoms with E-state index >= 15 is 0 Å². The molecule has 144 valence electrons. The largest absolute Gasteiger partial charge is 0.341 e. The first kappa shape index (κ1) is 19.6. The van der Waals surface area contributed by atoms with Gasteiger partial charge in [0.25, 0.3) is 11.5 Å². The van der Waals surface area contributed by atoms with Gasteiger partial charge in [-0.25, -0.2) is 0 Å². The van der Waals surface area contributed by atoms with Crippen LogP contribution in [-0.2, 0) is 6.42 Å². The van der Waals surface area contributed by atoms with Crippen LogP contribution >= 0.6 is 0 Å². The minimum absolute atomic E-state index is 0.114. The first-order valence-corrected chi connectivity index (χ1v) is 9.58. The Kier molecular flexibility index (Phi) is 6.09. The van der Waals surface area contributed by atoms with Gasteiger partial charge in [0.05, 0.1) is 6.04 Å². The van der Waals surface area contributed by atoms with Gasteiger partial charge in [0, 0.05) is 5.69 Å². The highest BCUT2D eigenvalue weighted by Crippen LogP contribution is 2.23. The molecule has 0 saturated heterocycles. The van der Waals surface area contributed by atoms with Gasteiger partial charge in [-0.3, -0.25) is 9.59 Å². The maximum Gasteiger partial charge on any atom is 0.260 e. The summed E-state index contributed by atoms with van der Waals surface area (Å²) in [6, 6.07) is 21.1. The Hall–Kier alpha value is -3.14. The smallest absolute Gasteiger partial charge is 0.260 e. The highest BCUT2D eigenvalue weighted by Gasteiger charge is 2.19. The van der Waals surface area contributed by atoms with Crippen molar-refractivity contribution in [1.82, 2.24) is 10.3 Å². The molecule has 4 heteroatoms. The van der Waals surface area contributed by atoms with E-state index in [1.54, 1.807) is 19.1 Å². The number of rotatable bonds is 6. The molecule has 1 heterocycles. The maximum atomic E-state index is 12.8. The predicted molar refractivity (Wildman–Crippen MR) is 113 cm³/mol. The van der Waals surface area contributed by atoms with E-state index in [1.807, 2.05) is 30.3 Å². The molecule has 4 nitrogen and oxygen atoms in total. The Morgan fingerprint density at radius 2 is 1.57 bits per heavy atom. The third kappa shape index (κ3) is 4.77. The number of aromatic nitrogens is 1. The van der Waals surface area contributed by atoms with Crippen LogP contribution in [-0.4, -0.2) is 10.9 Å². The van der Waals surface area contributed by atoms with Crippen LogP contribution in [0.25, 0.3) is 0 Å². The van der Waals surface area contributed by atoms with Crippen LogP contribution in [0.15, 0.2) is 71.5 Å². The number of carbonyl (C=O) groups excluding carboxylic acids is 1. The van der Waals surface area contributed by atoms with Gasteiger partial charge >= 0.3 is 0 Å². The predicted octanol–water partition coefficient (Wildman–Crippen LogP) is 4.40. The van der Waals surface area contributed by atoms with Gasteiger partial charge in [0.2, 0.25) is 0 Å². The minimum atomic E-state index is -0.388. The fourth-order valence-electron chi connectivity index (χ4n) is 3.28. The van der Waals surface area contributed by atoms with Crippen molar-refractivity contribution in [3.05, 3.63) is 105 Å². The maximum absolute atomic E-state index is 12.8. The van der Waals surface area contributed by atoms with E-state index in [4.69, 9.17) is 0 Å². The molecule has 0 spiro atoms. The number of H-pyrrole nitrogens is 1. The molecule has 1 aromatic heterocycles. The molecule has 0 bridgehead atoms. The third-order valence-electron chi connectivity index (χ3n) is 4.67. The van der Waals surface area contributed by atoms with Crippen LogP contribution in [0.3, 0.4) is 0 Å². The lowest BCUT2D eigenvalue weighted by atomic mass is 9.95. The molecular formula is C24H26N2O2. The summed E-state index contributed by atoms with van der Waals surface area (Å²) in [4.78, 5) is 27.7. The van der Waals surface area contributed by atoms with Crippen molar-refractivity contribution in [3.63, 3.8) is 0 Å². The molecule has 0 aliphatic rings. The summed E-state index contributed by atoms with van der Waals surface area (Å²) < 4.78 is 0. The number of pyridine rings is 1. The van der Waals surface area contributed by atoms with E-state index < -0.39 is 0 Å². The zero-order chi connectivity index (χ0) is 20.1. The van der Waals surface area contributed by atoms with Gasteiger partial charge in [0.1, 0.15) is 5.56 Å². The van der Waals surface area contributed by atoms with Crippen LogP contribution < -0.4 is 10.9 Å². The van der Waals surface area contributed by atoms with Gasteiger partial charge in [-0.1, -0.05) is 68.4 Å². The van der Waals surface area contributed by atoms with Gasteiger partial charge in [-0.05, 0) is 48.1 Å². The van der Waals surface area contributed by atoms with Crippen LogP contribution in [0.1, 0.15) is 52.6 Å². The fourth-order valence-corrected chi connectivity index (χ4v) is 3.28. The second kappa shape index (κ2) is 8.70. The lowest BCUT2D eigenvalue weighted by molar-refractivity contribution is 0.0941. The molecule has 1 amide bonds. The van der Waals surface area contributed by atoms with Crippen LogP contribution in [0.2, 0.25) is 0 Å². The van der Waals surface area contributed by atoms with Crippen LogP contribution in [0.4, 0.5) is 0 Å². The van der Waals surface area contributed by atoms with Crippen molar-refractivity contribution in [1.29, 1.82) is 0 Å². The lowest BCUT2D eigenvalue weighted by Gasteiger charge is -2.20. The highest BCUT2D eigenvalue weighted by molar-refractivity contribution is 5.94. The van der Waals surface area contributed by atoms with Crippen molar-refractivity contribution in [2.75, 3.05) is 0 Å². The quantitative estimate of drug-likeness (QED) is 0.672. The van der Waals surface area contributed by atoms with E-state index in [1.165, 1.54) is 5.56 Å². The Morgan fingerprint density at radius 3 is 2.18 bits per heavy atom. The second-order valence-corrected chi connectivity index (χ2v) is 7.54. The minimum Gasteiger partial charge on any atom is -0.341 e. The molecular weight excluding hydrogens is 348 g/mol. The summed E-state index contributed by atoms with van der Waals surface area (Å²) in [6.45, 7) is 6.18. The topological polar surface area (TPSA) is 62.0 Å². The molecule has 0 aliphatic carbocycles. The number of nitrogens with one attached hydrogen (secondary N) is 2. The summed E-state index contributed by atoms with van der Waals surface area (Å²) in [5, 5.41) is 3.03. The summed E-state index contributed by atoms with van der Waals surface area (Å²) in [7, 11) is 0. The number of aryl methyl sites for hydroxylation is 1. The molecule has 0 radical (unpaired) electrons. The Bertz CT molecular complexity index is 989. The molecule has 2 N–H and O–H groups in total. The van der Waals surface area contributed by atoms with E-state index in [0.29, 0.717) is 5.92 Å². The monoisotopic (exact) mass is 374 g/mol. The number of amides is 1. The number of benzene rings is 2. The number of aromatic amines is 1. The number of hydrogen-bond acceptors (Lipinski definition) is 2. The molecule has 3 aromatic rings. The average Bonchev–Trinajstić information content (AvgIpc) is 2.67. The molecule has 28 heavy (non-hydrogen) atoms. The summed E-state index contributed by atoms with van der Waals surface area (Å²) in [6.07, 6.45) is 1.02. The molecule has 0 fully saturated rings. The van der Waals surface area contributed by atoms with E-state index in [2.05, 4.69) is 48.4 Å². The fraction of sp³-hybridized carbons (Fsp3) is 0.250. The Morgan fingerprint density at radius 1 is 0.929 bits per heavy atom. The van der Waals surface area contributed by atoms with E-state index in [9.17, 15) is 9.59 Å². The van der Waals surface area contributed by atoms with Gasteiger partial charge in [0.15, 0.2) is 0 Å². The first-order chi connectivity index (χ1) is 13.4. The SMILES string of the molecule is Cc1ccc(C(=O)NC(c2ccccc2)c2ccc(CC(C)C)cc2)c(=O)[nH]1. The van der Waals surface area contributed by atoms with Gasteiger partial charge < -0.3 is 10.3 Å².